The molecule has 3 rings (SSSR count). The molecule has 1 aromatic carbocycles. The molecule has 2 aromatic rings. The summed E-state index contributed by atoms with van der Waals surface area (Å²) in [6, 6.07) is 5.57. The second-order valence-electron chi connectivity index (χ2n) is 6.04. The fourth-order valence-electron chi connectivity index (χ4n) is 2.75. The SMILES string of the molecule is CCOc1ccc(-c2nc(C3=C/C=CC(CO)C/C=C\3)no2)cc1OCC. The standard InChI is InChI=1S/C21H24N2O4/c1-3-25-18-12-11-17(13-19(18)26-4-2)21-22-20(23-27-21)16-9-5-7-15(14-24)8-6-10-16/h5-7,9-13,15,24H,3-4,8,14H2,1-2H3/b7-5?,10-6-,16-9+. The normalized spacial score (nSPS) is 19.7. The van der Waals surface area contributed by atoms with E-state index in [1.54, 1.807) is 0 Å². The maximum atomic E-state index is 9.27. The molecule has 0 aliphatic heterocycles. The van der Waals surface area contributed by atoms with E-state index in [0.717, 1.165) is 17.6 Å². The summed E-state index contributed by atoms with van der Waals surface area (Å²) in [5, 5.41) is 13.4. The number of nitrogens with zero attached hydrogens (tertiary/aromatic N) is 2. The average Bonchev–Trinajstić information content (AvgIpc) is 3.13. The van der Waals surface area contributed by atoms with E-state index < -0.39 is 0 Å². The van der Waals surface area contributed by atoms with Gasteiger partial charge in [-0.1, -0.05) is 35.5 Å². The molecule has 0 saturated carbocycles. The van der Waals surface area contributed by atoms with Crippen LogP contribution in [0.3, 0.4) is 0 Å². The first-order valence-electron chi connectivity index (χ1n) is 9.15. The van der Waals surface area contributed by atoms with Gasteiger partial charge >= 0.3 is 0 Å². The van der Waals surface area contributed by atoms with Gasteiger partial charge in [0.2, 0.25) is 5.82 Å². The molecule has 0 spiro atoms. The van der Waals surface area contributed by atoms with Crippen LogP contribution in [-0.2, 0) is 0 Å². The maximum absolute atomic E-state index is 9.27. The molecule has 142 valence electrons. The van der Waals surface area contributed by atoms with Crippen LogP contribution >= 0.6 is 0 Å². The second kappa shape index (κ2) is 9.19. The van der Waals surface area contributed by atoms with Gasteiger partial charge in [-0.15, -0.1) is 0 Å². The topological polar surface area (TPSA) is 77.6 Å². The Kier molecular flexibility index (Phi) is 6.44. The highest BCUT2D eigenvalue weighted by Crippen LogP contribution is 2.32. The minimum atomic E-state index is 0.135. The molecule has 1 N–H and O–H groups in total. The zero-order valence-corrected chi connectivity index (χ0v) is 15.6. The largest absolute Gasteiger partial charge is 0.490 e. The second-order valence-corrected chi connectivity index (χ2v) is 6.04. The fourth-order valence-corrected chi connectivity index (χ4v) is 2.75. The lowest BCUT2D eigenvalue weighted by atomic mass is 10.0. The van der Waals surface area contributed by atoms with E-state index in [0.29, 0.717) is 36.4 Å². The molecule has 1 aromatic heterocycles. The fraction of sp³-hybridized carbons (Fsp3) is 0.333. The van der Waals surface area contributed by atoms with Gasteiger partial charge in [0.25, 0.3) is 5.89 Å². The summed E-state index contributed by atoms with van der Waals surface area (Å²) in [6.45, 7) is 5.10. The molecule has 6 nitrogen and oxygen atoms in total. The molecule has 1 atom stereocenters. The highest BCUT2D eigenvalue weighted by molar-refractivity contribution is 5.72. The smallest absolute Gasteiger partial charge is 0.258 e. The molecule has 0 amide bonds. The molecule has 1 unspecified atom stereocenters. The lowest BCUT2D eigenvalue weighted by Crippen LogP contribution is -2.01. The molecule has 6 heteroatoms. The number of aromatic nitrogens is 2. The van der Waals surface area contributed by atoms with Crippen LogP contribution in [0.1, 0.15) is 26.1 Å². The molecule has 0 saturated heterocycles. The van der Waals surface area contributed by atoms with Crippen LogP contribution in [0.15, 0.2) is 53.1 Å². The summed E-state index contributed by atoms with van der Waals surface area (Å²) in [7, 11) is 0. The van der Waals surface area contributed by atoms with Gasteiger partial charge < -0.3 is 19.1 Å². The first-order valence-corrected chi connectivity index (χ1v) is 9.15. The quantitative estimate of drug-likeness (QED) is 0.795. The number of benzene rings is 1. The van der Waals surface area contributed by atoms with E-state index >= 15 is 0 Å². The summed E-state index contributed by atoms with van der Waals surface area (Å²) in [5.74, 6) is 2.42. The molecular weight excluding hydrogens is 344 g/mol. The van der Waals surface area contributed by atoms with Crippen molar-refractivity contribution in [2.24, 2.45) is 5.92 Å². The first kappa shape index (κ1) is 18.9. The number of rotatable bonds is 7. The van der Waals surface area contributed by atoms with E-state index in [1.165, 1.54) is 0 Å². The van der Waals surface area contributed by atoms with Gasteiger partial charge in [0.05, 0.1) is 13.2 Å². The Morgan fingerprint density at radius 1 is 1.19 bits per heavy atom. The van der Waals surface area contributed by atoms with Crippen molar-refractivity contribution in [3.63, 3.8) is 0 Å². The van der Waals surface area contributed by atoms with Gasteiger partial charge in [-0.2, -0.15) is 4.98 Å². The number of aliphatic hydroxyl groups excluding tert-OH is 1. The highest BCUT2D eigenvalue weighted by atomic mass is 16.5. The van der Waals surface area contributed by atoms with E-state index in [2.05, 4.69) is 10.1 Å². The van der Waals surface area contributed by atoms with Crippen LogP contribution in [0.4, 0.5) is 0 Å². The maximum Gasteiger partial charge on any atom is 0.258 e. The number of hydrogen-bond donors (Lipinski definition) is 1. The zero-order valence-electron chi connectivity index (χ0n) is 15.6. The Balaban J connectivity index is 1.86. The third kappa shape index (κ3) is 4.65. The summed E-state index contributed by atoms with van der Waals surface area (Å²) in [6.07, 6.45) is 10.5. The van der Waals surface area contributed by atoms with Crippen molar-refractivity contribution in [1.29, 1.82) is 0 Å². The molecule has 0 bridgehead atoms. The summed E-state index contributed by atoms with van der Waals surface area (Å²) in [4.78, 5) is 4.52. The van der Waals surface area contributed by atoms with Crippen molar-refractivity contribution in [2.45, 2.75) is 20.3 Å². The van der Waals surface area contributed by atoms with Gasteiger partial charge in [-0.25, -0.2) is 0 Å². The minimum absolute atomic E-state index is 0.135. The lowest BCUT2D eigenvalue weighted by molar-refractivity contribution is 0.253. The molecule has 1 heterocycles. The van der Waals surface area contributed by atoms with Crippen molar-refractivity contribution in [1.82, 2.24) is 10.1 Å². The van der Waals surface area contributed by atoms with E-state index in [1.807, 2.05) is 62.4 Å². The van der Waals surface area contributed by atoms with Gasteiger partial charge in [0.15, 0.2) is 11.5 Å². The third-order valence-corrected chi connectivity index (χ3v) is 4.10. The van der Waals surface area contributed by atoms with Crippen LogP contribution in [0, 0.1) is 5.92 Å². The van der Waals surface area contributed by atoms with Crippen LogP contribution in [0.25, 0.3) is 17.0 Å². The Bertz CT molecular complexity index is 852. The van der Waals surface area contributed by atoms with E-state index in [-0.39, 0.29) is 12.5 Å². The predicted molar refractivity (Wildman–Crippen MR) is 104 cm³/mol. The van der Waals surface area contributed by atoms with Gasteiger partial charge in [-0.05, 0) is 38.5 Å². The van der Waals surface area contributed by atoms with Crippen LogP contribution in [0.2, 0.25) is 0 Å². The highest BCUT2D eigenvalue weighted by Gasteiger charge is 2.15. The third-order valence-electron chi connectivity index (χ3n) is 4.10. The lowest BCUT2D eigenvalue weighted by Gasteiger charge is -2.11. The minimum Gasteiger partial charge on any atom is -0.490 e. The monoisotopic (exact) mass is 368 g/mol. The van der Waals surface area contributed by atoms with Crippen LogP contribution < -0.4 is 9.47 Å². The van der Waals surface area contributed by atoms with Gasteiger partial charge in [-0.3, -0.25) is 0 Å². The Morgan fingerprint density at radius 2 is 2.00 bits per heavy atom. The van der Waals surface area contributed by atoms with Crippen LogP contribution in [-0.4, -0.2) is 35.1 Å². The Morgan fingerprint density at radius 3 is 2.78 bits per heavy atom. The average molecular weight is 368 g/mol. The van der Waals surface area contributed by atoms with Crippen molar-refractivity contribution in [3.8, 4) is 23.0 Å². The van der Waals surface area contributed by atoms with Crippen molar-refractivity contribution < 1.29 is 19.1 Å². The number of aliphatic hydroxyl groups is 1. The number of ether oxygens (including phenoxy) is 2. The molecule has 1 aliphatic carbocycles. The molecule has 27 heavy (non-hydrogen) atoms. The van der Waals surface area contributed by atoms with E-state index in [4.69, 9.17) is 14.0 Å². The molecule has 0 fully saturated rings. The molecular formula is C21H24N2O4. The zero-order chi connectivity index (χ0) is 19.1. The Labute approximate surface area is 158 Å². The summed E-state index contributed by atoms with van der Waals surface area (Å²) >= 11 is 0. The summed E-state index contributed by atoms with van der Waals surface area (Å²) < 4.78 is 16.7. The number of allylic oxidation sites excluding steroid dienone is 5. The molecule has 0 radical (unpaired) electrons. The predicted octanol–water partition coefficient (Wildman–Crippen LogP) is 4.04. The van der Waals surface area contributed by atoms with Crippen LogP contribution in [0.5, 0.6) is 11.5 Å². The van der Waals surface area contributed by atoms with Crippen molar-refractivity contribution >= 4 is 5.57 Å². The first-order chi connectivity index (χ1) is 13.2. The van der Waals surface area contributed by atoms with Gasteiger partial charge in [0.1, 0.15) is 0 Å². The molecule has 1 aliphatic rings. The Hall–Kier alpha value is -2.86. The summed E-state index contributed by atoms with van der Waals surface area (Å²) in [5.41, 5.74) is 1.63. The number of hydrogen-bond acceptors (Lipinski definition) is 6. The van der Waals surface area contributed by atoms with Crippen molar-refractivity contribution in [2.75, 3.05) is 19.8 Å². The van der Waals surface area contributed by atoms with E-state index in [9.17, 15) is 5.11 Å². The van der Waals surface area contributed by atoms with Gasteiger partial charge in [0, 0.05) is 23.7 Å². The van der Waals surface area contributed by atoms with Crippen molar-refractivity contribution in [3.05, 3.63) is 54.4 Å².